The number of esters is 1. The van der Waals surface area contributed by atoms with Gasteiger partial charge in [-0.05, 0) is 37.0 Å². The molecule has 2 aromatic carbocycles. The minimum atomic E-state index is -0.925. The predicted octanol–water partition coefficient (Wildman–Crippen LogP) is 4.54. The van der Waals surface area contributed by atoms with E-state index in [1.54, 1.807) is 18.4 Å². The SMILES string of the molecule is CCCCc1nc(Cl)c(C(=O)OCOC(=O)OC(C)C)n1Cc1ccc(-c2ccccc2C2=NNNN2)cc1. The zero-order chi connectivity index (χ0) is 27.8. The third-order valence-corrected chi connectivity index (χ3v) is 6.11. The lowest BCUT2D eigenvalue weighted by molar-refractivity contribution is -0.0349. The highest BCUT2D eigenvalue weighted by molar-refractivity contribution is 6.32. The molecule has 0 radical (unpaired) electrons. The smallest absolute Gasteiger partial charge is 0.431 e. The molecule has 1 aliphatic rings. The van der Waals surface area contributed by atoms with Gasteiger partial charge in [0.15, 0.2) is 16.7 Å². The van der Waals surface area contributed by atoms with Crippen LogP contribution in [-0.2, 0) is 27.2 Å². The third-order valence-electron chi connectivity index (χ3n) is 5.84. The molecule has 0 fully saturated rings. The Labute approximate surface area is 231 Å². The summed E-state index contributed by atoms with van der Waals surface area (Å²) in [6.45, 7) is 5.20. The lowest BCUT2D eigenvalue weighted by Crippen LogP contribution is -2.35. The normalized spacial score (nSPS) is 12.5. The molecule has 0 amide bonds. The molecule has 11 nitrogen and oxygen atoms in total. The molecule has 0 saturated carbocycles. The Morgan fingerprint density at radius 1 is 1.05 bits per heavy atom. The first-order valence-corrected chi connectivity index (χ1v) is 13.0. The van der Waals surface area contributed by atoms with Crippen LogP contribution < -0.4 is 16.5 Å². The number of hydrogen-bond donors (Lipinski definition) is 3. The first-order chi connectivity index (χ1) is 18.9. The maximum atomic E-state index is 12.9. The second-order valence-electron chi connectivity index (χ2n) is 9.03. The van der Waals surface area contributed by atoms with Crippen molar-refractivity contribution >= 4 is 29.6 Å². The largest absolute Gasteiger partial charge is 0.511 e. The molecule has 0 aliphatic carbocycles. The van der Waals surface area contributed by atoms with Gasteiger partial charge in [0.25, 0.3) is 0 Å². The van der Waals surface area contributed by atoms with Crippen molar-refractivity contribution in [3.63, 3.8) is 0 Å². The second kappa shape index (κ2) is 13.1. The summed E-state index contributed by atoms with van der Waals surface area (Å²) in [6.07, 6.45) is 1.19. The number of amidine groups is 1. The molecule has 12 heteroatoms. The number of halogens is 1. The van der Waals surface area contributed by atoms with Gasteiger partial charge in [-0.1, -0.05) is 73.5 Å². The molecular weight excluding hydrogens is 524 g/mol. The molecule has 3 aromatic rings. The van der Waals surface area contributed by atoms with Gasteiger partial charge in [0.2, 0.25) is 6.79 Å². The number of hydrazone groups is 1. The number of rotatable bonds is 11. The van der Waals surface area contributed by atoms with Gasteiger partial charge in [-0.3, -0.25) is 5.43 Å². The average molecular weight is 555 g/mol. The number of unbranched alkanes of at least 4 members (excludes halogenated alkanes) is 1. The lowest BCUT2D eigenvalue weighted by Gasteiger charge is -2.14. The topological polar surface area (TPSA) is 128 Å². The molecule has 206 valence electrons. The Bertz CT molecular complexity index is 1340. The molecule has 0 bridgehead atoms. The molecule has 4 rings (SSSR count). The fourth-order valence-electron chi connectivity index (χ4n) is 4.02. The number of hydrogen-bond acceptors (Lipinski definition) is 10. The number of benzene rings is 2. The van der Waals surface area contributed by atoms with E-state index >= 15 is 0 Å². The first-order valence-electron chi connectivity index (χ1n) is 12.6. The summed E-state index contributed by atoms with van der Waals surface area (Å²) in [5.74, 6) is 0.617. The standard InChI is InChI=1S/C27H31ClN6O5/c1-4-5-10-22-29-24(28)23(26(35)37-16-38-27(36)39-17(2)3)34(22)15-18-11-13-19(14-12-18)20-8-6-7-9-21(20)25-30-32-33-31-25/h6-9,11-14,17,32-33H,4-5,10,15-16H2,1-3H3,(H,30,31). The molecule has 0 spiro atoms. The molecule has 39 heavy (non-hydrogen) atoms. The van der Waals surface area contributed by atoms with Crippen molar-refractivity contribution < 1.29 is 23.8 Å². The zero-order valence-electron chi connectivity index (χ0n) is 22.0. The molecule has 1 aliphatic heterocycles. The quantitative estimate of drug-likeness (QED) is 0.231. The van der Waals surface area contributed by atoms with Gasteiger partial charge in [0.05, 0.1) is 6.10 Å². The number of hydrazine groups is 2. The maximum absolute atomic E-state index is 12.9. The third kappa shape index (κ3) is 7.06. The van der Waals surface area contributed by atoms with E-state index in [4.69, 9.17) is 25.8 Å². The lowest BCUT2D eigenvalue weighted by atomic mass is 9.98. The van der Waals surface area contributed by atoms with Gasteiger partial charge in [0, 0.05) is 18.5 Å². The van der Waals surface area contributed by atoms with E-state index in [1.807, 2.05) is 48.5 Å². The van der Waals surface area contributed by atoms with Crippen molar-refractivity contribution in [1.29, 1.82) is 0 Å². The minimum absolute atomic E-state index is 0.0356. The predicted molar refractivity (Wildman–Crippen MR) is 146 cm³/mol. The average Bonchev–Trinajstić information content (AvgIpc) is 3.55. The summed E-state index contributed by atoms with van der Waals surface area (Å²) < 4.78 is 16.6. The number of ether oxygens (including phenoxy) is 3. The van der Waals surface area contributed by atoms with Gasteiger partial charge in [-0.2, -0.15) is 0 Å². The van der Waals surface area contributed by atoms with Crippen molar-refractivity contribution in [2.24, 2.45) is 5.10 Å². The van der Waals surface area contributed by atoms with Crippen LogP contribution in [0.3, 0.4) is 0 Å². The zero-order valence-corrected chi connectivity index (χ0v) is 22.7. The number of nitrogens with one attached hydrogen (secondary N) is 3. The number of aromatic nitrogens is 2. The van der Waals surface area contributed by atoms with Gasteiger partial charge in [0.1, 0.15) is 5.82 Å². The van der Waals surface area contributed by atoms with Gasteiger partial charge >= 0.3 is 12.1 Å². The van der Waals surface area contributed by atoms with Crippen LogP contribution in [-0.4, -0.2) is 40.4 Å². The second-order valence-corrected chi connectivity index (χ2v) is 9.39. The highest BCUT2D eigenvalue weighted by atomic mass is 35.5. The summed E-state index contributed by atoms with van der Waals surface area (Å²) >= 11 is 6.39. The Morgan fingerprint density at radius 3 is 2.46 bits per heavy atom. The number of aryl methyl sites for hydroxylation is 1. The van der Waals surface area contributed by atoms with Crippen molar-refractivity contribution in [3.8, 4) is 11.1 Å². The number of carbonyl (C=O) groups excluding carboxylic acids is 2. The highest BCUT2D eigenvalue weighted by Crippen LogP contribution is 2.26. The summed E-state index contributed by atoms with van der Waals surface area (Å²) in [5, 5.41) is 4.25. The molecule has 3 N–H and O–H groups in total. The molecule has 0 atom stereocenters. The van der Waals surface area contributed by atoms with E-state index in [0.29, 0.717) is 24.6 Å². The molecule has 0 unspecified atom stereocenters. The van der Waals surface area contributed by atoms with Crippen LogP contribution in [0.25, 0.3) is 11.1 Å². The van der Waals surface area contributed by atoms with Gasteiger partial charge in [-0.25, -0.2) is 20.1 Å². The molecular formula is C27H31ClN6O5. The molecule has 2 heterocycles. The summed E-state index contributed by atoms with van der Waals surface area (Å²) in [7, 11) is 0. The highest BCUT2D eigenvalue weighted by Gasteiger charge is 2.24. The molecule has 0 saturated heterocycles. The fourth-order valence-corrected chi connectivity index (χ4v) is 4.30. The maximum Gasteiger partial charge on any atom is 0.511 e. The summed E-state index contributed by atoms with van der Waals surface area (Å²) in [6, 6.07) is 16.0. The fraction of sp³-hybridized carbons (Fsp3) is 0.333. The van der Waals surface area contributed by atoms with Crippen LogP contribution in [0.5, 0.6) is 0 Å². The van der Waals surface area contributed by atoms with Crippen LogP contribution in [0.15, 0.2) is 53.6 Å². The van der Waals surface area contributed by atoms with Crippen molar-refractivity contribution in [1.82, 2.24) is 26.0 Å². The van der Waals surface area contributed by atoms with E-state index in [1.165, 1.54) is 0 Å². The number of imidazole rings is 1. The van der Waals surface area contributed by atoms with Crippen molar-refractivity contribution in [2.45, 2.75) is 52.7 Å². The van der Waals surface area contributed by atoms with E-state index in [9.17, 15) is 9.59 Å². The Morgan fingerprint density at radius 2 is 1.79 bits per heavy atom. The van der Waals surface area contributed by atoms with Gasteiger partial charge < -0.3 is 18.8 Å². The number of carbonyl (C=O) groups is 2. The monoisotopic (exact) mass is 554 g/mol. The van der Waals surface area contributed by atoms with E-state index < -0.39 is 18.9 Å². The van der Waals surface area contributed by atoms with E-state index in [0.717, 1.165) is 35.1 Å². The molecule has 1 aromatic heterocycles. The Kier molecular flexibility index (Phi) is 9.40. The van der Waals surface area contributed by atoms with Crippen molar-refractivity contribution in [2.75, 3.05) is 6.79 Å². The van der Waals surface area contributed by atoms with Crippen molar-refractivity contribution in [3.05, 3.63) is 76.3 Å². The summed E-state index contributed by atoms with van der Waals surface area (Å²) in [5.41, 5.74) is 12.4. The Balaban J connectivity index is 1.54. The van der Waals surface area contributed by atoms with Crippen LogP contribution in [0.1, 0.15) is 61.1 Å². The van der Waals surface area contributed by atoms with Crippen LogP contribution in [0.2, 0.25) is 5.15 Å². The Hall–Kier alpha value is -4.09. The summed E-state index contributed by atoms with van der Waals surface area (Å²) in [4.78, 5) is 29.0. The van der Waals surface area contributed by atoms with E-state index in [-0.39, 0.29) is 17.0 Å². The van der Waals surface area contributed by atoms with Gasteiger partial charge in [-0.15, -0.1) is 10.6 Å². The van der Waals surface area contributed by atoms with Crippen LogP contribution >= 0.6 is 11.6 Å². The number of nitrogens with zero attached hydrogens (tertiary/aromatic N) is 3. The first kappa shape index (κ1) is 27.9. The van der Waals surface area contributed by atoms with Crippen LogP contribution in [0.4, 0.5) is 4.79 Å². The minimum Gasteiger partial charge on any atom is -0.431 e. The van der Waals surface area contributed by atoms with E-state index in [2.05, 4.69) is 33.5 Å². The van der Waals surface area contributed by atoms with Crippen LogP contribution in [0, 0.1) is 0 Å².